The molecule has 0 bridgehead atoms. The van der Waals surface area contributed by atoms with Gasteiger partial charge in [-0.1, -0.05) is 12.1 Å². The summed E-state index contributed by atoms with van der Waals surface area (Å²) in [7, 11) is 0. The molecule has 1 unspecified atom stereocenters. The van der Waals surface area contributed by atoms with Crippen LogP contribution >= 0.6 is 0 Å². The molecule has 1 atom stereocenters. The van der Waals surface area contributed by atoms with Crippen LogP contribution in [0.15, 0.2) is 24.3 Å². The van der Waals surface area contributed by atoms with Crippen molar-refractivity contribution in [1.82, 2.24) is 5.32 Å². The standard InChI is InChI=1S/C16H22N2O4/c1-3-22-13-7-5-4-6-12(13)18-15(20)14(19)17-10-16(2,21)11-8-9-11/h4-7,11,21H,3,8-10H2,1-2H3,(H,17,19)(H,18,20). The van der Waals surface area contributed by atoms with Gasteiger partial charge in [-0.3, -0.25) is 9.59 Å². The summed E-state index contributed by atoms with van der Waals surface area (Å²) in [4.78, 5) is 23.7. The maximum atomic E-state index is 11.9. The molecule has 0 saturated heterocycles. The molecule has 1 aromatic rings. The summed E-state index contributed by atoms with van der Waals surface area (Å²) in [6.45, 7) is 4.04. The van der Waals surface area contributed by atoms with Crippen LogP contribution in [0.4, 0.5) is 5.69 Å². The first-order chi connectivity index (χ1) is 10.4. The van der Waals surface area contributed by atoms with Crippen LogP contribution in [0.3, 0.4) is 0 Å². The van der Waals surface area contributed by atoms with Crippen molar-refractivity contribution < 1.29 is 19.4 Å². The lowest BCUT2D eigenvalue weighted by Gasteiger charge is -2.23. The number of hydrogen-bond acceptors (Lipinski definition) is 4. The molecule has 3 N–H and O–H groups in total. The number of carbonyl (C=O) groups excluding carboxylic acids is 2. The van der Waals surface area contributed by atoms with Gasteiger partial charge in [-0.15, -0.1) is 0 Å². The molecule has 120 valence electrons. The Morgan fingerprint density at radius 1 is 1.32 bits per heavy atom. The lowest BCUT2D eigenvalue weighted by atomic mass is 10.0. The number of para-hydroxylation sites is 2. The quantitative estimate of drug-likeness (QED) is 0.691. The Kier molecular flexibility index (Phi) is 5.03. The monoisotopic (exact) mass is 306 g/mol. The topological polar surface area (TPSA) is 87.7 Å². The fourth-order valence-electron chi connectivity index (χ4n) is 2.22. The Hall–Kier alpha value is -2.08. The van der Waals surface area contributed by atoms with Gasteiger partial charge in [0, 0.05) is 6.54 Å². The van der Waals surface area contributed by atoms with Crippen LogP contribution in [0.25, 0.3) is 0 Å². The zero-order valence-corrected chi connectivity index (χ0v) is 12.9. The SMILES string of the molecule is CCOc1ccccc1NC(=O)C(=O)NCC(C)(O)C1CC1. The van der Waals surface area contributed by atoms with Crippen molar-refractivity contribution in [2.75, 3.05) is 18.5 Å². The van der Waals surface area contributed by atoms with Crippen molar-refractivity contribution >= 4 is 17.5 Å². The van der Waals surface area contributed by atoms with Crippen LogP contribution in [-0.4, -0.2) is 35.7 Å². The molecule has 2 rings (SSSR count). The van der Waals surface area contributed by atoms with E-state index in [9.17, 15) is 14.7 Å². The van der Waals surface area contributed by atoms with Gasteiger partial charge >= 0.3 is 11.8 Å². The molecular weight excluding hydrogens is 284 g/mol. The van der Waals surface area contributed by atoms with Gasteiger partial charge in [0.25, 0.3) is 0 Å². The highest BCUT2D eigenvalue weighted by Crippen LogP contribution is 2.38. The van der Waals surface area contributed by atoms with Crippen molar-refractivity contribution in [1.29, 1.82) is 0 Å². The van der Waals surface area contributed by atoms with E-state index >= 15 is 0 Å². The fraction of sp³-hybridized carbons (Fsp3) is 0.500. The van der Waals surface area contributed by atoms with E-state index < -0.39 is 17.4 Å². The van der Waals surface area contributed by atoms with Gasteiger partial charge in [0.15, 0.2) is 0 Å². The molecule has 6 nitrogen and oxygen atoms in total. The predicted molar refractivity (Wildman–Crippen MR) is 82.6 cm³/mol. The minimum atomic E-state index is -0.959. The number of rotatable bonds is 6. The molecule has 0 spiro atoms. The number of benzene rings is 1. The first kappa shape index (κ1) is 16.3. The number of nitrogens with one attached hydrogen (secondary N) is 2. The van der Waals surface area contributed by atoms with E-state index in [1.165, 1.54) is 0 Å². The van der Waals surface area contributed by atoms with E-state index in [-0.39, 0.29) is 12.5 Å². The molecule has 1 aromatic carbocycles. The maximum absolute atomic E-state index is 11.9. The summed E-state index contributed by atoms with van der Waals surface area (Å²) in [5.74, 6) is -0.836. The number of carbonyl (C=O) groups is 2. The second kappa shape index (κ2) is 6.79. The average molecular weight is 306 g/mol. The second-order valence-electron chi connectivity index (χ2n) is 5.70. The first-order valence-electron chi connectivity index (χ1n) is 7.47. The molecule has 1 saturated carbocycles. The number of anilines is 1. The lowest BCUT2D eigenvalue weighted by Crippen LogP contribution is -2.45. The molecular formula is C16H22N2O4. The fourth-order valence-corrected chi connectivity index (χ4v) is 2.22. The van der Waals surface area contributed by atoms with E-state index in [1.54, 1.807) is 31.2 Å². The van der Waals surface area contributed by atoms with Crippen molar-refractivity contribution in [2.45, 2.75) is 32.3 Å². The molecule has 0 aromatic heterocycles. The van der Waals surface area contributed by atoms with Crippen molar-refractivity contribution in [3.05, 3.63) is 24.3 Å². The Morgan fingerprint density at radius 3 is 2.64 bits per heavy atom. The number of ether oxygens (including phenoxy) is 1. The van der Waals surface area contributed by atoms with Crippen LogP contribution in [0, 0.1) is 5.92 Å². The highest BCUT2D eigenvalue weighted by atomic mass is 16.5. The molecule has 1 aliphatic rings. The Bertz CT molecular complexity index is 553. The summed E-state index contributed by atoms with van der Waals surface area (Å²) in [6, 6.07) is 6.91. The number of hydrogen-bond donors (Lipinski definition) is 3. The maximum Gasteiger partial charge on any atom is 0.313 e. The van der Waals surface area contributed by atoms with Gasteiger partial charge in [0.2, 0.25) is 0 Å². The van der Waals surface area contributed by atoms with E-state index in [0.29, 0.717) is 18.0 Å². The zero-order chi connectivity index (χ0) is 16.2. The third-order valence-corrected chi connectivity index (χ3v) is 3.71. The minimum Gasteiger partial charge on any atom is -0.492 e. The first-order valence-corrected chi connectivity index (χ1v) is 7.47. The molecule has 0 heterocycles. The van der Waals surface area contributed by atoms with Gasteiger partial charge in [-0.05, 0) is 44.7 Å². The second-order valence-corrected chi connectivity index (χ2v) is 5.70. The van der Waals surface area contributed by atoms with Gasteiger partial charge in [-0.25, -0.2) is 0 Å². The van der Waals surface area contributed by atoms with Crippen molar-refractivity contribution in [3.8, 4) is 5.75 Å². The number of amides is 2. The van der Waals surface area contributed by atoms with Crippen LogP contribution in [0.2, 0.25) is 0 Å². The van der Waals surface area contributed by atoms with Gasteiger partial charge in [0.1, 0.15) is 5.75 Å². The van der Waals surface area contributed by atoms with E-state index in [2.05, 4.69) is 10.6 Å². The lowest BCUT2D eigenvalue weighted by molar-refractivity contribution is -0.136. The van der Waals surface area contributed by atoms with E-state index in [1.807, 2.05) is 6.92 Å². The zero-order valence-electron chi connectivity index (χ0n) is 12.9. The molecule has 0 radical (unpaired) electrons. The van der Waals surface area contributed by atoms with Gasteiger partial charge in [0.05, 0.1) is 17.9 Å². The number of aliphatic hydroxyl groups is 1. The molecule has 1 aliphatic carbocycles. The molecule has 22 heavy (non-hydrogen) atoms. The Labute approximate surface area is 129 Å². The Balaban J connectivity index is 1.90. The molecule has 6 heteroatoms. The highest BCUT2D eigenvalue weighted by molar-refractivity contribution is 6.39. The molecule has 1 fully saturated rings. The summed E-state index contributed by atoms with van der Waals surface area (Å²) >= 11 is 0. The van der Waals surface area contributed by atoms with Crippen LogP contribution in [0.5, 0.6) is 5.75 Å². The van der Waals surface area contributed by atoms with Gasteiger partial charge < -0.3 is 20.5 Å². The summed E-state index contributed by atoms with van der Waals surface area (Å²) in [5, 5.41) is 15.1. The summed E-state index contributed by atoms with van der Waals surface area (Å²) < 4.78 is 5.39. The smallest absolute Gasteiger partial charge is 0.313 e. The van der Waals surface area contributed by atoms with E-state index in [4.69, 9.17) is 4.74 Å². The van der Waals surface area contributed by atoms with Crippen LogP contribution < -0.4 is 15.4 Å². The van der Waals surface area contributed by atoms with Crippen LogP contribution in [-0.2, 0) is 9.59 Å². The Morgan fingerprint density at radius 2 is 2.00 bits per heavy atom. The van der Waals surface area contributed by atoms with Crippen LogP contribution in [0.1, 0.15) is 26.7 Å². The summed E-state index contributed by atoms with van der Waals surface area (Å²) in [6.07, 6.45) is 1.91. The molecule has 2 amide bonds. The van der Waals surface area contributed by atoms with Crippen molar-refractivity contribution in [2.24, 2.45) is 5.92 Å². The molecule has 0 aliphatic heterocycles. The van der Waals surface area contributed by atoms with E-state index in [0.717, 1.165) is 12.8 Å². The normalized spacial score (nSPS) is 16.5. The third-order valence-electron chi connectivity index (χ3n) is 3.71. The minimum absolute atomic E-state index is 0.0665. The largest absolute Gasteiger partial charge is 0.492 e. The highest BCUT2D eigenvalue weighted by Gasteiger charge is 2.40. The average Bonchev–Trinajstić information content (AvgIpc) is 3.32. The van der Waals surface area contributed by atoms with Crippen molar-refractivity contribution in [3.63, 3.8) is 0 Å². The van der Waals surface area contributed by atoms with Gasteiger partial charge in [-0.2, -0.15) is 0 Å². The predicted octanol–water partition coefficient (Wildman–Crippen LogP) is 1.30. The third kappa shape index (κ3) is 4.21. The summed E-state index contributed by atoms with van der Waals surface area (Å²) in [5.41, 5.74) is -0.516.